The van der Waals surface area contributed by atoms with Crippen molar-refractivity contribution in [3.63, 3.8) is 0 Å². The smallest absolute Gasteiger partial charge is 0.275 e. The Morgan fingerprint density at radius 2 is 1.36 bits per heavy atom. The van der Waals surface area contributed by atoms with Crippen molar-refractivity contribution in [1.29, 1.82) is 0 Å². The number of ether oxygens (including phenoxy) is 3. The minimum atomic E-state index is -3.91. The number of hydrogen-bond acceptors (Lipinski definition) is 6. The molecule has 1 amide bonds. The number of nitrogens with one attached hydrogen (secondary N) is 2. The Morgan fingerprint density at radius 3 is 1.86 bits per heavy atom. The van der Waals surface area contributed by atoms with Crippen LogP contribution in [0.2, 0.25) is 0 Å². The van der Waals surface area contributed by atoms with Crippen LogP contribution in [-0.2, 0) is 14.8 Å². The van der Waals surface area contributed by atoms with Gasteiger partial charge in [-0.25, -0.2) is 8.42 Å². The van der Waals surface area contributed by atoms with E-state index < -0.39 is 22.0 Å². The molecule has 0 aromatic heterocycles. The van der Waals surface area contributed by atoms with E-state index >= 15 is 0 Å². The van der Waals surface area contributed by atoms with Gasteiger partial charge in [0.25, 0.3) is 15.9 Å². The Balaban J connectivity index is 1.90. The molecule has 0 aliphatic rings. The summed E-state index contributed by atoms with van der Waals surface area (Å²) in [4.78, 5) is 14.2. The zero-order valence-corrected chi connectivity index (χ0v) is 16.8. The zero-order chi connectivity index (χ0) is 20.6. The third kappa shape index (κ3) is 6.14. The maximum absolute atomic E-state index is 12.3. The normalized spacial score (nSPS) is 12.1. The lowest BCUT2D eigenvalue weighted by Crippen LogP contribution is -2.47. The van der Waals surface area contributed by atoms with Gasteiger partial charge in [0.2, 0.25) is 0 Å². The van der Waals surface area contributed by atoms with E-state index in [1.54, 1.807) is 24.3 Å². The van der Waals surface area contributed by atoms with Gasteiger partial charge in [0.15, 0.2) is 6.10 Å². The molecule has 0 saturated carbocycles. The quantitative estimate of drug-likeness (QED) is 0.585. The summed E-state index contributed by atoms with van der Waals surface area (Å²) in [5.41, 5.74) is 2.16. The van der Waals surface area contributed by atoms with Gasteiger partial charge >= 0.3 is 0 Å². The number of sulfonamides is 1. The Kier molecular flexibility index (Phi) is 7.65. The van der Waals surface area contributed by atoms with Crippen molar-refractivity contribution < 1.29 is 27.4 Å². The average molecular weight is 408 g/mol. The molecular formula is C19H24N2O6S. The van der Waals surface area contributed by atoms with Crippen LogP contribution in [0.3, 0.4) is 0 Å². The second kappa shape index (κ2) is 9.95. The second-order valence-electron chi connectivity index (χ2n) is 5.66. The van der Waals surface area contributed by atoms with Crippen LogP contribution in [0.1, 0.15) is 20.8 Å². The Bertz CT molecular complexity index is 866. The fourth-order valence-corrected chi connectivity index (χ4v) is 3.05. The molecule has 0 unspecified atom stereocenters. The maximum Gasteiger partial charge on any atom is 0.275 e. The van der Waals surface area contributed by atoms with Crippen molar-refractivity contribution in [3.8, 4) is 17.2 Å². The van der Waals surface area contributed by atoms with Crippen LogP contribution in [0, 0.1) is 0 Å². The average Bonchev–Trinajstić information content (AvgIpc) is 2.68. The molecule has 2 rings (SSSR count). The van der Waals surface area contributed by atoms with Gasteiger partial charge < -0.3 is 14.2 Å². The molecule has 8 nitrogen and oxygen atoms in total. The van der Waals surface area contributed by atoms with Gasteiger partial charge in [-0.1, -0.05) is 0 Å². The standard InChI is InChI=1S/C19H24N2O6S/c1-4-25-15-6-8-17(9-7-15)27-14(3)19(22)20-21-28(23,24)18-12-10-16(11-13-18)26-5-2/h6-14,21H,4-5H2,1-3H3,(H,20,22)/t14-/m0/s1. The van der Waals surface area contributed by atoms with Crippen LogP contribution >= 0.6 is 0 Å². The summed E-state index contributed by atoms with van der Waals surface area (Å²) in [6.07, 6.45) is -0.916. The fraction of sp³-hybridized carbons (Fsp3) is 0.316. The molecule has 2 aromatic carbocycles. The highest BCUT2D eigenvalue weighted by Gasteiger charge is 2.19. The number of carbonyl (C=O) groups excluding carboxylic acids is 1. The predicted molar refractivity (Wildman–Crippen MR) is 104 cm³/mol. The zero-order valence-electron chi connectivity index (χ0n) is 16.0. The molecule has 0 bridgehead atoms. The summed E-state index contributed by atoms with van der Waals surface area (Å²) in [6.45, 7) is 6.25. The van der Waals surface area contributed by atoms with E-state index in [-0.39, 0.29) is 4.90 Å². The molecule has 2 aromatic rings. The van der Waals surface area contributed by atoms with Crippen molar-refractivity contribution in [3.05, 3.63) is 48.5 Å². The summed E-state index contributed by atoms with van der Waals surface area (Å²) in [5.74, 6) is 1.07. The molecule has 1 atom stereocenters. The Hall–Kier alpha value is -2.78. The minimum Gasteiger partial charge on any atom is -0.494 e. The van der Waals surface area contributed by atoms with Crippen LogP contribution in [0.5, 0.6) is 17.2 Å². The summed E-state index contributed by atoms with van der Waals surface area (Å²) in [7, 11) is -3.91. The molecule has 28 heavy (non-hydrogen) atoms. The molecule has 9 heteroatoms. The van der Waals surface area contributed by atoms with Gasteiger partial charge in [-0.3, -0.25) is 10.2 Å². The van der Waals surface area contributed by atoms with Gasteiger partial charge in [-0.15, -0.1) is 4.83 Å². The highest BCUT2D eigenvalue weighted by atomic mass is 32.2. The number of rotatable bonds is 10. The van der Waals surface area contributed by atoms with Crippen molar-refractivity contribution in [2.24, 2.45) is 0 Å². The topological polar surface area (TPSA) is 103 Å². The molecule has 0 fully saturated rings. The Labute approximate surface area is 164 Å². The highest BCUT2D eigenvalue weighted by molar-refractivity contribution is 7.89. The first-order valence-electron chi connectivity index (χ1n) is 8.79. The Morgan fingerprint density at radius 1 is 0.893 bits per heavy atom. The summed E-state index contributed by atoms with van der Waals surface area (Å²) in [6, 6.07) is 12.6. The number of amides is 1. The molecule has 0 heterocycles. The number of carbonyl (C=O) groups is 1. The first kappa shape index (κ1) is 21.5. The van der Waals surface area contributed by atoms with Gasteiger partial charge in [0.1, 0.15) is 17.2 Å². The summed E-state index contributed by atoms with van der Waals surface area (Å²) >= 11 is 0. The fourth-order valence-electron chi connectivity index (χ4n) is 2.20. The third-order valence-corrected chi connectivity index (χ3v) is 4.83. The minimum absolute atomic E-state index is 0.00339. The van der Waals surface area contributed by atoms with E-state index in [2.05, 4.69) is 10.3 Å². The van der Waals surface area contributed by atoms with Crippen molar-refractivity contribution in [2.75, 3.05) is 13.2 Å². The molecule has 0 aliphatic carbocycles. The van der Waals surface area contributed by atoms with Gasteiger partial charge in [0, 0.05) is 0 Å². The highest BCUT2D eigenvalue weighted by Crippen LogP contribution is 2.19. The van der Waals surface area contributed by atoms with Crippen molar-refractivity contribution in [1.82, 2.24) is 10.3 Å². The van der Waals surface area contributed by atoms with Crippen LogP contribution in [0.4, 0.5) is 0 Å². The first-order chi connectivity index (χ1) is 13.4. The SMILES string of the molecule is CCOc1ccc(O[C@@H](C)C(=O)NNS(=O)(=O)c2ccc(OCC)cc2)cc1. The molecular weight excluding hydrogens is 384 g/mol. The lowest BCUT2D eigenvalue weighted by molar-refractivity contribution is -0.127. The van der Waals surface area contributed by atoms with Crippen molar-refractivity contribution in [2.45, 2.75) is 31.8 Å². The second-order valence-corrected chi connectivity index (χ2v) is 7.35. The molecule has 0 saturated heterocycles. The lowest BCUT2D eigenvalue weighted by Gasteiger charge is -2.15. The van der Waals surface area contributed by atoms with E-state index in [0.29, 0.717) is 30.5 Å². The number of hydrazine groups is 1. The van der Waals surface area contributed by atoms with E-state index in [4.69, 9.17) is 14.2 Å². The van der Waals surface area contributed by atoms with E-state index in [1.807, 2.05) is 13.8 Å². The summed E-state index contributed by atoms with van der Waals surface area (Å²) in [5, 5.41) is 0. The van der Waals surface area contributed by atoms with E-state index in [9.17, 15) is 13.2 Å². The molecule has 2 N–H and O–H groups in total. The third-order valence-electron chi connectivity index (χ3n) is 3.57. The summed E-state index contributed by atoms with van der Waals surface area (Å²) < 4.78 is 40.6. The van der Waals surface area contributed by atoms with E-state index in [1.165, 1.54) is 31.2 Å². The van der Waals surface area contributed by atoms with Crippen LogP contribution in [0.25, 0.3) is 0 Å². The molecule has 0 radical (unpaired) electrons. The van der Waals surface area contributed by atoms with Crippen molar-refractivity contribution >= 4 is 15.9 Å². The maximum atomic E-state index is 12.3. The molecule has 0 aliphatic heterocycles. The predicted octanol–water partition coefficient (Wildman–Crippen LogP) is 2.26. The van der Waals surface area contributed by atoms with Crippen LogP contribution < -0.4 is 24.5 Å². The largest absolute Gasteiger partial charge is 0.494 e. The molecule has 0 spiro atoms. The monoisotopic (exact) mass is 408 g/mol. The van der Waals surface area contributed by atoms with Gasteiger partial charge in [-0.2, -0.15) is 0 Å². The molecule has 152 valence electrons. The number of hydrogen-bond donors (Lipinski definition) is 2. The van der Waals surface area contributed by atoms with Gasteiger partial charge in [-0.05, 0) is 69.3 Å². The lowest BCUT2D eigenvalue weighted by atomic mass is 10.3. The van der Waals surface area contributed by atoms with Crippen LogP contribution in [-0.4, -0.2) is 33.6 Å². The van der Waals surface area contributed by atoms with Gasteiger partial charge in [0.05, 0.1) is 18.1 Å². The number of benzene rings is 2. The van der Waals surface area contributed by atoms with Crippen LogP contribution in [0.15, 0.2) is 53.4 Å². The first-order valence-corrected chi connectivity index (χ1v) is 10.3. The van der Waals surface area contributed by atoms with E-state index in [0.717, 1.165) is 0 Å².